The molecule has 0 radical (unpaired) electrons. The number of aromatic nitrogens is 5. The fraction of sp³-hybridized carbons (Fsp3) is 0. The van der Waals surface area contributed by atoms with Crippen LogP contribution in [-0.4, -0.2) is 24.1 Å². The SMILES string of the molecule is [C-]#[N+]c1ccc2c(c1)c1cc(C#N)ccc1n2-c1ccc(-c2nc(-c3ccccc3)nc(-c3ccccc3)n2)cc1-c1ccc(-c2cccc(C#N)c2)cc1-n1c2ccc(C#N)cc2c2cc([N+]#[C-])ccc21. The first kappa shape index (κ1) is 42.4. The summed E-state index contributed by atoms with van der Waals surface area (Å²) in [6, 6.07) is 69.1. The average molecular weight is 917 g/mol. The molecule has 0 bridgehead atoms. The normalized spacial score (nSPS) is 11.0. The highest BCUT2D eigenvalue weighted by Gasteiger charge is 2.24. The summed E-state index contributed by atoms with van der Waals surface area (Å²) in [6.45, 7) is 15.9. The zero-order chi connectivity index (χ0) is 48.9. The minimum absolute atomic E-state index is 0.456. The van der Waals surface area contributed by atoms with E-state index in [0.29, 0.717) is 51.1 Å². The van der Waals surface area contributed by atoms with Crippen LogP contribution in [0, 0.1) is 47.1 Å². The van der Waals surface area contributed by atoms with Crippen LogP contribution < -0.4 is 0 Å². The van der Waals surface area contributed by atoms with E-state index in [1.54, 1.807) is 12.1 Å². The van der Waals surface area contributed by atoms with E-state index in [1.165, 1.54) is 0 Å². The second-order valence-corrected chi connectivity index (χ2v) is 17.2. The van der Waals surface area contributed by atoms with Crippen molar-refractivity contribution in [3.8, 4) is 86.0 Å². The van der Waals surface area contributed by atoms with Gasteiger partial charge in [0, 0.05) is 38.6 Å². The molecule has 12 rings (SSSR count). The molecule has 0 aliphatic heterocycles. The summed E-state index contributed by atoms with van der Waals surface area (Å²) in [5.41, 5.74) is 13.0. The molecule has 0 unspecified atom stereocenters. The van der Waals surface area contributed by atoms with Gasteiger partial charge < -0.3 is 9.13 Å². The minimum Gasteiger partial charge on any atom is -0.309 e. The zero-order valence-electron chi connectivity index (χ0n) is 37.9. The van der Waals surface area contributed by atoms with Crippen LogP contribution in [0.5, 0.6) is 0 Å². The average Bonchev–Trinajstić information content (AvgIpc) is 3.95. The summed E-state index contributed by atoms with van der Waals surface area (Å²) in [4.78, 5) is 22.8. The van der Waals surface area contributed by atoms with E-state index in [9.17, 15) is 15.8 Å². The van der Waals surface area contributed by atoms with Crippen molar-refractivity contribution in [2.24, 2.45) is 0 Å². The van der Waals surface area contributed by atoms with Crippen LogP contribution in [0.1, 0.15) is 16.7 Å². The molecule has 0 spiro atoms. The first-order valence-corrected chi connectivity index (χ1v) is 22.8. The molecular weight excluding hydrogens is 885 g/mol. The van der Waals surface area contributed by atoms with E-state index < -0.39 is 0 Å². The van der Waals surface area contributed by atoms with Crippen LogP contribution in [0.3, 0.4) is 0 Å². The van der Waals surface area contributed by atoms with Gasteiger partial charge in [-0.15, -0.1) is 0 Å². The number of benzene rings is 9. The third kappa shape index (κ3) is 7.13. The van der Waals surface area contributed by atoms with Gasteiger partial charge in [0.25, 0.3) is 0 Å². The standard InChI is InChI=1S/C62H32N10/c1-66-46-20-26-57-52(33-46)49-29-39(36-64)16-23-54(49)71(57)56-25-19-45(62-69-60(41-11-5-3-6-12-41)68-61(70-62)42-13-7-4-8-14-42)31-51(56)48-22-18-44(43-15-9-10-38(28-43)35-63)32-59(48)72-55-24-17-40(37-65)30-50(55)53-34-47(67-2)21-27-58(53)72/h3-34H. The Balaban J connectivity index is 1.22. The van der Waals surface area contributed by atoms with Gasteiger partial charge >= 0.3 is 0 Å². The highest BCUT2D eigenvalue weighted by atomic mass is 15.0. The zero-order valence-corrected chi connectivity index (χ0v) is 37.9. The first-order valence-electron chi connectivity index (χ1n) is 22.8. The van der Waals surface area contributed by atoms with Crippen LogP contribution in [0.2, 0.25) is 0 Å². The van der Waals surface area contributed by atoms with Crippen molar-refractivity contribution >= 4 is 55.0 Å². The van der Waals surface area contributed by atoms with E-state index in [2.05, 4.69) is 67.4 Å². The van der Waals surface area contributed by atoms with Gasteiger partial charge in [0.1, 0.15) is 0 Å². The quantitative estimate of drug-likeness (QED) is 0.146. The van der Waals surface area contributed by atoms with Crippen molar-refractivity contribution in [3.05, 3.63) is 234 Å². The number of nitrogens with zero attached hydrogens (tertiary/aromatic N) is 10. The van der Waals surface area contributed by atoms with E-state index in [-0.39, 0.29) is 0 Å². The maximum absolute atomic E-state index is 10.1. The third-order valence-electron chi connectivity index (χ3n) is 13.1. The predicted molar refractivity (Wildman–Crippen MR) is 282 cm³/mol. The molecule has 72 heavy (non-hydrogen) atoms. The van der Waals surface area contributed by atoms with Crippen LogP contribution in [-0.2, 0) is 0 Å². The van der Waals surface area contributed by atoms with E-state index in [4.69, 9.17) is 28.1 Å². The topological polar surface area (TPSA) is 129 Å². The van der Waals surface area contributed by atoms with Gasteiger partial charge in [-0.1, -0.05) is 97.1 Å². The summed E-state index contributed by atoms with van der Waals surface area (Å²) < 4.78 is 4.36. The summed E-state index contributed by atoms with van der Waals surface area (Å²) in [7, 11) is 0. The van der Waals surface area contributed by atoms with Gasteiger partial charge in [0.15, 0.2) is 28.8 Å². The fourth-order valence-corrected chi connectivity index (χ4v) is 9.74. The monoisotopic (exact) mass is 916 g/mol. The van der Waals surface area contributed by atoms with Gasteiger partial charge in [-0.3, -0.25) is 0 Å². The maximum atomic E-state index is 10.1. The molecule has 0 aliphatic rings. The second-order valence-electron chi connectivity index (χ2n) is 17.2. The molecule has 0 aliphatic carbocycles. The Labute approximate surface area is 412 Å². The Morgan fingerprint density at radius 1 is 0.347 bits per heavy atom. The van der Waals surface area contributed by atoms with Crippen molar-refractivity contribution in [2.45, 2.75) is 0 Å². The highest BCUT2D eigenvalue weighted by Crippen LogP contribution is 2.45. The van der Waals surface area contributed by atoms with Crippen molar-refractivity contribution in [2.75, 3.05) is 0 Å². The van der Waals surface area contributed by atoms with Gasteiger partial charge in [0.2, 0.25) is 0 Å². The number of rotatable bonds is 7. The molecule has 0 fully saturated rings. The Morgan fingerprint density at radius 3 is 1.32 bits per heavy atom. The van der Waals surface area contributed by atoms with Gasteiger partial charge in [-0.25, -0.2) is 24.6 Å². The Kier molecular flexibility index (Phi) is 10.2. The van der Waals surface area contributed by atoms with Crippen molar-refractivity contribution in [1.82, 2.24) is 24.1 Å². The molecule has 10 heteroatoms. The smallest absolute Gasteiger partial charge is 0.188 e. The number of hydrogen-bond acceptors (Lipinski definition) is 6. The number of hydrogen-bond donors (Lipinski definition) is 0. The lowest BCUT2D eigenvalue weighted by Crippen LogP contribution is -2.04. The van der Waals surface area contributed by atoms with Crippen molar-refractivity contribution in [3.63, 3.8) is 0 Å². The van der Waals surface area contributed by atoms with Crippen LogP contribution in [0.4, 0.5) is 11.4 Å². The lowest BCUT2D eigenvalue weighted by Gasteiger charge is -2.21. The molecule has 10 nitrogen and oxygen atoms in total. The second kappa shape index (κ2) is 17.3. The lowest BCUT2D eigenvalue weighted by atomic mass is 9.94. The lowest BCUT2D eigenvalue weighted by molar-refractivity contribution is 1.07. The maximum Gasteiger partial charge on any atom is 0.188 e. The van der Waals surface area contributed by atoms with Gasteiger partial charge in [0.05, 0.1) is 81.5 Å². The van der Waals surface area contributed by atoms with E-state index in [1.807, 2.05) is 152 Å². The molecule has 0 amide bonds. The first-order chi connectivity index (χ1) is 35.4. The predicted octanol–water partition coefficient (Wildman–Crippen LogP) is 15.1. The Morgan fingerprint density at radius 2 is 0.792 bits per heavy atom. The summed E-state index contributed by atoms with van der Waals surface area (Å²) in [5.74, 6) is 1.49. The number of nitriles is 3. The fourth-order valence-electron chi connectivity index (χ4n) is 9.74. The largest absolute Gasteiger partial charge is 0.309 e. The molecule has 330 valence electrons. The molecule has 0 saturated carbocycles. The third-order valence-corrected chi connectivity index (χ3v) is 13.1. The molecule has 0 N–H and O–H groups in total. The minimum atomic E-state index is 0.456. The molecule has 0 saturated heterocycles. The Hall–Kier alpha value is -11.0. The van der Waals surface area contributed by atoms with Crippen molar-refractivity contribution < 1.29 is 0 Å². The van der Waals surface area contributed by atoms with Gasteiger partial charge in [-0.2, -0.15) is 15.8 Å². The summed E-state index contributed by atoms with van der Waals surface area (Å²) >= 11 is 0. The van der Waals surface area contributed by atoms with Crippen molar-refractivity contribution in [1.29, 1.82) is 15.8 Å². The van der Waals surface area contributed by atoms with Crippen LogP contribution in [0.15, 0.2) is 194 Å². The van der Waals surface area contributed by atoms with Crippen LogP contribution >= 0.6 is 0 Å². The van der Waals surface area contributed by atoms with Gasteiger partial charge in [-0.05, 0) is 119 Å². The summed E-state index contributed by atoms with van der Waals surface area (Å²) in [5, 5.41) is 33.5. The Bertz CT molecular complexity index is 4250. The molecule has 12 aromatic rings. The van der Waals surface area contributed by atoms with E-state index >= 15 is 0 Å². The number of fused-ring (bicyclic) bond motifs is 6. The molecule has 3 aromatic heterocycles. The molecule has 0 atom stereocenters. The highest BCUT2D eigenvalue weighted by molar-refractivity contribution is 6.13. The van der Waals surface area contributed by atoms with E-state index in [0.717, 1.165) is 88.4 Å². The summed E-state index contributed by atoms with van der Waals surface area (Å²) in [6.07, 6.45) is 0. The molecule has 9 aromatic carbocycles. The molecule has 3 heterocycles. The molecular formula is C62H32N10. The van der Waals surface area contributed by atoms with Crippen LogP contribution in [0.25, 0.3) is 121 Å².